The van der Waals surface area contributed by atoms with Crippen LogP contribution in [-0.4, -0.2) is 29.3 Å². The third kappa shape index (κ3) is 3.30. The van der Waals surface area contributed by atoms with Crippen LogP contribution >= 0.6 is 0 Å². The third-order valence-electron chi connectivity index (χ3n) is 2.03. The SMILES string of the molecule is CCOC(OCC)C(N)c1ccn(C)n1. The zero-order valence-electron chi connectivity index (χ0n) is 9.51. The first-order chi connectivity index (χ1) is 7.19. The Morgan fingerprint density at radius 1 is 1.40 bits per heavy atom. The Morgan fingerprint density at radius 2 is 2.00 bits per heavy atom. The Bertz CT molecular complexity index is 282. The molecule has 1 rings (SSSR count). The summed E-state index contributed by atoms with van der Waals surface area (Å²) in [5.41, 5.74) is 6.78. The Labute approximate surface area is 90.2 Å². The van der Waals surface area contributed by atoms with E-state index in [-0.39, 0.29) is 6.04 Å². The minimum absolute atomic E-state index is 0.342. The van der Waals surface area contributed by atoms with Crippen molar-refractivity contribution in [3.05, 3.63) is 18.0 Å². The smallest absolute Gasteiger partial charge is 0.178 e. The zero-order valence-corrected chi connectivity index (χ0v) is 9.51. The van der Waals surface area contributed by atoms with Gasteiger partial charge in [0.15, 0.2) is 6.29 Å². The average molecular weight is 213 g/mol. The molecule has 1 aromatic rings. The van der Waals surface area contributed by atoms with Crippen molar-refractivity contribution in [2.45, 2.75) is 26.2 Å². The normalized spacial score (nSPS) is 13.4. The van der Waals surface area contributed by atoms with E-state index < -0.39 is 6.29 Å². The number of hydrogen-bond donors (Lipinski definition) is 1. The number of nitrogens with two attached hydrogens (primary N) is 1. The Kier molecular flexibility index (Phi) is 4.74. The molecule has 5 nitrogen and oxygen atoms in total. The average Bonchev–Trinajstić information content (AvgIpc) is 2.63. The monoisotopic (exact) mass is 213 g/mol. The summed E-state index contributed by atoms with van der Waals surface area (Å²) in [6.07, 6.45) is 1.43. The van der Waals surface area contributed by atoms with E-state index in [2.05, 4.69) is 5.10 Å². The molecule has 1 unspecified atom stereocenters. The molecular formula is C10H19N3O2. The van der Waals surface area contributed by atoms with E-state index in [1.807, 2.05) is 33.2 Å². The molecule has 0 spiro atoms. The number of aromatic nitrogens is 2. The number of rotatable bonds is 6. The Hall–Kier alpha value is -0.910. The van der Waals surface area contributed by atoms with Crippen LogP contribution in [0.25, 0.3) is 0 Å². The van der Waals surface area contributed by atoms with Crippen molar-refractivity contribution in [3.8, 4) is 0 Å². The zero-order chi connectivity index (χ0) is 11.3. The molecule has 0 radical (unpaired) electrons. The predicted octanol–water partition coefficient (Wildman–Crippen LogP) is 0.819. The summed E-state index contributed by atoms with van der Waals surface area (Å²) in [6, 6.07) is 1.53. The van der Waals surface area contributed by atoms with Crippen LogP contribution < -0.4 is 5.73 Å². The lowest BCUT2D eigenvalue weighted by atomic mass is 10.2. The van der Waals surface area contributed by atoms with Gasteiger partial charge in [0.2, 0.25) is 0 Å². The van der Waals surface area contributed by atoms with E-state index in [4.69, 9.17) is 15.2 Å². The van der Waals surface area contributed by atoms with Gasteiger partial charge in [-0.1, -0.05) is 0 Å². The van der Waals surface area contributed by atoms with Gasteiger partial charge in [-0.15, -0.1) is 0 Å². The first kappa shape index (κ1) is 12.2. The minimum Gasteiger partial charge on any atom is -0.351 e. The second-order valence-electron chi connectivity index (χ2n) is 3.22. The number of hydrogen-bond acceptors (Lipinski definition) is 4. The van der Waals surface area contributed by atoms with Gasteiger partial charge in [-0.05, 0) is 19.9 Å². The highest BCUT2D eigenvalue weighted by Crippen LogP contribution is 2.15. The molecule has 0 saturated carbocycles. The molecule has 0 fully saturated rings. The molecule has 0 aliphatic rings. The Morgan fingerprint density at radius 3 is 2.40 bits per heavy atom. The molecule has 0 saturated heterocycles. The highest BCUT2D eigenvalue weighted by Gasteiger charge is 2.21. The van der Waals surface area contributed by atoms with E-state index in [1.165, 1.54) is 0 Å². The van der Waals surface area contributed by atoms with Gasteiger partial charge in [-0.3, -0.25) is 4.68 Å². The number of nitrogens with zero attached hydrogens (tertiary/aromatic N) is 2. The summed E-state index contributed by atoms with van der Waals surface area (Å²) in [5, 5.41) is 4.23. The van der Waals surface area contributed by atoms with Crippen molar-refractivity contribution in [1.82, 2.24) is 9.78 Å². The van der Waals surface area contributed by atoms with Crippen LogP contribution in [0, 0.1) is 0 Å². The van der Waals surface area contributed by atoms with Gasteiger partial charge in [0.25, 0.3) is 0 Å². The van der Waals surface area contributed by atoms with Gasteiger partial charge in [0.1, 0.15) is 6.04 Å². The van der Waals surface area contributed by atoms with Gasteiger partial charge in [-0.25, -0.2) is 0 Å². The lowest BCUT2D eigenvalue weighted by Gasteiger charge is -2.21. The van der Waals surface area contributed by atoms with Crippen LogP contribution in [0.5, 0.6) is 0 Å². The van der Waals surface area contributed by atoms with Gasteiger partial charge in [0.05, 0.1) is 5.69 Å². The molecule has 2 N–H and O–H groups in total. The quantitative estimate of drug-likeness (QED) is 0.711. The second kappa shape index (κ2) is 5.85. The number of ether oxygens (including phenoxy) is 2. The highest BCUT2D eigenvalue weighted by atomic mass is 16.7. The summed E-state index contributed by atoms with van der Waals surface area (Å²) >= 11 is 0. The predicted molar refractivity (Wildman–Crippen MR) is 57.2 cm³/mol. The van der Waals surface area contributed by atoms with Crippen molar-refractivity contribution in [2.24, 2.45) is 12.8 Å². The molecular weight excluding hydrogens is 194 g/mol. The maximum atomic E-state index is 6.00. The second-order valence-corrected chi connectivity index (χ2v) is 3.22. The molecule has 1 heterocycles. The van der Waals surface area contributed by atoms with E-state index in [0.29, 0.717) is 13.2 Å². The van der Waals surface area contributed by atoms with Gasteiger partial charge < -0.3 is 15.2 Å². The molecule has 1 atom stereocenters. The van der Waals surface area contributed by atoms with Crippen LogP contribution in [0.3, 0.4) is 0 Å². The molecule has 15 heavy (non-hydrogen) atoms. The van der Waals surface area contributed by atoms with Gasteiger partial charge in [0, 0.05) is 26.5 Å². The first-order valence-electron chi connectivity index (χ1n) is 5.17. The van der Waals surface area contributed by atoms with Crippen molar-refractivity contribution in [2.75, 3.05) is 13.2 Å². The van der Waals surface area contributed by atoms with Crippen LogP contribution in [0.1, 0.15) is 25.6 Å². The molecule has 0 aromatic carbocycles. The van der Waals surface area contributed by atoms with Crippen LogP contribution in [0.15, 0.2) is 12.3 Å². The van der Waals surface area contributed by atoms with Crippen LogP contribution in [0.4, 0.5) is 0 Å². The molecule has 0 aliphatic heterocycles. The summed E-state index contributed by atoms with van der Waals surface area (Å²) in [4.78, 5) is 0. The van der Waals surface area contributed by atoms with Gasteiger partial charge in [-0.2, -0.15) is 5.10 Å². The molecule has 0 bridgehead atoms. The van der Waals surface area contributed by atoms with Crippen molar-refractivity contribution in [1.29, 1.82) is 0 Å². The fourth-order valence-electron chi connectivity index (χ4n) is 1.33. The molecule has 1 aromatic heterocycles. The lowest BCUT2D eigenvalue weighted by molar-refractivity contribution is -0.150. The maximum absolute atomic E-state index is 6.00. The van der Waals surface area contributed by atoms with E-state index in [1.54, 1.807) is 4.68 Å². The lowest BCUT2D eigenvalue weighted by Crippen LogP contribution is -2.32. The van der Waals surface area contributed by atoms with Crippen LogP contribution in [0.2, 0.25) is 0 Å². The first-order valence-corrected chi connectivity index (χ1v) is 5.17. The minimum atomic E-state index is -0.421. The van der Waals surface area contributed by atoms with Crippen molar-refractivity contribution in [3.63, 3.8) is 0 Å². The summed E-state index contributed by atoms with van der Waals surface area (Å²) in [6.45, 7) is 4.98. The molecule has 0 aliphatic carbocycles. The standard InChI is InChI=1S/C10H19N3O2/c1-4-14-10(15-5-2)9(11)8-6-7-13(3)12-8/h6-7,9-10H,4-5,11H2,1-3H3. The maximum Gasteiger partial charge on any atom is 0.178 e. The van der Waals surface area contributed by atoms with Gasteiger partial charge >= 0.3 is 0 Å². The summed E-state index contributed by atoms with van der Waals surface area (Å²) in [7, 11) is 1.85. The molecule has 86 valence electrons. The molecule has 5 heteroatoms. The Balaban J connectivity index is 2.66. The fourth-order valence-corrected chi connectivity index (χ4v) is 1.33. The molecule has 0 amide bonds. The van der Waals surface area contributed by atoms with Crippen molar-refractivity contribution >= 4 is 0 Å². The van der Waals surface area contributed by atoms with E-state index in [0.717, 1.165) is 5.69 Å². The van der Waals surface area contributed by atoms with Crippen molar-refractivity contribution < 1.29 is 9.47 Å². The largest absolute Gasteiger partial charge is 0.351 e. The summed E-state index contributed by atoms with van der Waals surface area (Å²) in [5.74, 6) is 0. The fraction of sp³-hybridized carbons (Fsp3) is 0.700. The highest BCUT2D eigenvalue weighted by molar-refractivity contribution is 5.05. The summed E-state index contributed by atoms with van der Waals surface area (Å²) < 4.78 is 12.5. The topological polar surface area (TPSA) is 62.3 Å². The van der Waals surface area contributed by atoms with Crippen LogP contribution in [-0.2, 0) is 16.5 Å². The number of aryl methyl sites for hydroxylation is 1. The third-order valence-corrected chi connectivity index (χ3v) is 2.03. The van der Waals surface area contributed by atoms with E-state index >= 15 is 0 Å². The van der Waals surface area contributed by atoms with E-state index in [9.17, 15) is 0 Å².